The summed E-state index contributed by atoms with van der Waals surface area (Å²) < 4.78 is 0. The number of rotatable bonds is 4. The van der Waals surface area contributed by atoms with Gasteiger partial charge in [-0.1, -0.05) is 39.5 Å². The zero-order valence-electron chi connectivity index (χ0n) is 12.9. The lowest BCUT2D eigenvalue weighted by Crippen LogP contribution is -2.44. The van der Waals surface area contributed by atoms with Crippen molar-refractivity contribution in [2.24, 2.45) is 5.92 Å². The van der Waals surface area contributed by atoms with Crippen molar-refractivity contribution in [2.75, 3.05) is 6.54 Å². The second kappa shape index (κ2) is 6.91. The first-order chi connectivity index (χ1) is 9.99. The summed E-state index contributed by atoms with van der Waals surface area (Å²) in [6.07, 6.45) is 6.67. The lowest BCUT2D eigenvalue weighted by atomic mass is 10.1. The Hall–Kier alpha value is -1.59. The van der Waals surface area contributed by atoms with E-state index in [9.17, 15) is 14.4 Å². The van der Waals surface area contributed by atoms with Gasteiger partial charge in [0.1, 0.15) is 12.6 Å². The van der Waals surface area contributed by atoms with Gasteiger partial charge in [-0.15, -0.1) is 0 Å². The number of nitrogens with one attached hydrogen (secondary N) is 2. The third-order valence-electron chi connectivity index (χ3n) is 4.24. The van der Waals surface area contributed by atoms with Crippen LogP contribution in [0.1, 0.15) is 52.4 Å². The molecule has 2 fully saturated rings. The average Bonchev–Trinajstić information content (AvgIpc) is 2.61. The van der Waals surface area contributed by atoms with Crippen molar-refractivity contribution in [2.45, 2.75) is 64.5 Å². The Balaban J connectivity index is 1.87. The fourth-order valence-corrected chi connectivity index (χ4v) is 2.98. The monoisotopic (exact) mass is 295 g/mol. The molecular formula is C15H25N3O3. The Morgan fingerprint density at radius 3 is 2.38 bits per heavy atom. The van der Waals surface area contributed by atoms with Gasteiger partial charge in [-0.3, -0.25) is 14.5 Å². The van der Waals surface area contributed by atoms with E-state index in [4.69, 9.17) is 0 Å². The largest absolute Gasteiger partial charge is 0.352 e. The highest BCUT2D eigenvalue weighted by Gasteiger charge is 2.40. The number of amides is 4. The Morgan fingerprint density at radius 2 is 1.86 bits per heavy atom. The minimum atomic E-state index is -0.511. The van der Waals surface area contributed by atoms with Crippen molar-refractivity contribution in [1.82, 2.24) is 15.5 Å². The van der Waals surface area contributed by atoms with Crippen LogP contribution in [-0.2, 0) is 9.59 Å². The summed E-state index contributed by atoms with van der Waals surface area (Å²) in [6, 6.07) is -0.792. The van der Waals surface area contributed by atoms with Gasteiger partial charge in [-0.2, -0.15) is 0 Å². The summed E-state index contributed by atoms with van der Waals surface area (Å²) in [5.41, 5.74) is 0. The van der Waals surface area contributed by atoms with Gasteiger partial charge < -0.3 is 10.6 Å². The molecule has 2 N–H and O–H groups in total. The standard InChI is InChI=1S/C15H25N3O3/c1-10(2)13-14(20)18(15(21)17-13)9-12(19)16-11-7-5-3-4-6-8-11/h10-11,13H,3-9H2,1-2H3,(H,16,19)(H,17,21). The van der Waals surface area contributed by atoms with Crippen LogP contribution in [0.2, 0.25) is 0 Å². The van der Waals surface area contributed by atoms with Gasteiger partial charge in [0.2, 0.25) is 5.91 Å². The maximum atomic E-state index is 12.1. The molecule has 0 radical (unpaired) electrons. The van der Waals surface area contributed by atoms with Gasteiger partial charge >= 0.3 is 6.03 Å². The molecule has 1 atom stereocenters. The minimum Gasteiger partial charge on any atom is -0.352 e. The van der Waals surface area contributed by atoms with Crippen LogP contribution in [-0.4, -0.2) is 41.4 Å². The molecule has 0 aromatic heterocycles. The number of carbonyl (C=O) groups is 3. The summed E-state index contributed by atoms with van der Waals surface area (Å²) >= 11 is 0. The van der Waals surface area contributed by atoms with E-state index < -0.39 is 12.1 Å². The lowest BCUT2D eigenvalue weighted by molar-refractivity contribution is -0.133. The van der Waals surface area contributed by atoms with Gasteiger partial charge in [0, 0.05) is 6.04 Å². The Morgan fingerprint density at radius 1 is 1.24 bits per heavy atom. The number of urea groups is 1. The first-order valence-corrected chi connectivity index (χ1v) is 7.90. The first-order valence-electron chi connectivity index (χ1n) is 7.90. The molecule has 118 valence electrons. The van der Waals surface area contributed by atoms with Crippen molar-refractivity contribution in [3.8, 4) is 0 Å². The van der Waals surface area contributed by atoms with E-state index >= 15 is 0 Å². The average molecular weight is 295 g/mol. The van der Waals surface area contributed by atoms with E-state index in [0.717, 1.165) is 30.6 Å². The van der Waals surface area contributed by atoms with Crippen LogP contribution in [0.3, 0.4) is 0 Å². The maximum Gasteiger partial charge on any atom is 0.325 e. The molecule has 4 amide bonds. The van der Waals surface area contributed by atoms with Crippen LogP contribution in [0.15, 0.2) is 0 Å². The molecule has 1 saturated heterocycles. The molecule has 1 aliphatic heterocycles. The van der Waals surface area contributed by atoms with Crippen LogP contribution in [0.5, 0.6) is 0 Å². The highest BCUT2D eigenvalue weighted by Crippen LogP contribution is 2.17. The summed E-state index contributed by atoms with van der Waals surface area (Å²) in [4.78, 5) is 37.0. The summed E-state index contributed by atoms with van der Waals surface area (Å²) in [6.45, 7) is 3.57. The summed E-state index contributed by atoms with van der Waals surface area (Å²) in [5, 5.41) is 5.59. The van der Waals surface area contributed by atoms with Crippen LogP contribution < -0.4 is 10.6 Å². The highest BCUT2D eigenvalue weighted by molar-refractivity contribution is 6.06. The minimum absolute atomic E-state index is 0.0244. The van der Waals surface area contributed by atoms with Crippen molar-refractivity contribution < 1.29 is 14.4 Å². The molecule has 6 heteroatoms. The molecule has 6 nitrogen and oxygen atoms in total. The van der Waals surface area contributed by atoms with Gasteiger partial charge in [-0.05, 0) is 18.8 Å². The molecule has 0 aromatic carbocycles. The summed E-state index contributed by atoms with van der Waals surface area (Å²) in [7, 11) is 0. The molecule has 2 aliphatic rings. The van der Waals surface area contributed by atoms with Crippen molar-refractivity contribution >= 4 is 17.8 Å². The van der Waals surface area contributed by atoms with Gasteiger partial charge in [0.25, 0.3) is 5.91 Å². The predicted molar refractivity (Wildman–Crippen MR) is 78.5 cm³/mol. The zero-order valence-corrected chi connectivity index (χ0v) is 12.9. The van der Waals surface area contributed by atoms with E-state index in [1.54, 1.807) is 0 Å². The number of nitrogens with zero attached hydrogens (tertiary/aromatic N) is 1. The van der Waals surface area contributed by atoms with E-state index in [0.29, 0.717) is 0 Å². The smallest absolute Gasteiger partial charge is 0.325 e. The molecule has 1 heterocycles. The molecule has 1 saturated carbocycles. The fraction of sp³-hybridized carbons (Fsp3) is 0.800. The number of imide groups is 1. The third kappa shape index (κ3) is 3.95. The maximum absolute atomic E-state index is 12.1. The topological polar surface area (TPSA) is 78.5 Å². The Kier molecular flexibility index (Phi) is 5.20. The number of hydrogen-bond acceptors (Lipinski definition) is 3. The van der Waals surface area contributed by atoms with Gasteiger partial charge in [0.05, 0.1) is 0 Å². The fourth-order valence-electron chi connectivity index (χ4n) is 2.98. The number of hydrogen-bond donors (Lipinski definition) is 2. The molecule has 1 aliphatic carbocycles. The number of carbonyl (C=O) groups excluding carboxylic acids is 3. The second-order valence-corrected chi connectivity index (χ2v) is 6.35. The molecule has 0 bridgehead atoms. The van der Waals surface area contributed by atoms with Crippen molar-refractivity contribution in [3.05, 3.63) is 0 Å². The molecule has 0 aromatic rings. The normalized spacial score (nSPS) is 24.1. The quantitative estimate of drug-likeness (QED) is 0.608. The molecular weight excluding hydrogens is 270 g/mol. The molecule has 2 rings (SSSR count). The Bertz CT molecular complexity index is 414. The van der Waals surface area contributed by atoms with E-state index in [1.165, 1.54) is 12.8 Å². The molecule has 21 heavy (non-hydrogen) atoms. The predicted octanol–water partition coefficient (Wildman–Crippen LogP) is 1.40. The second-order valence-electron chi connectivity index (χ2n) is 6.35. The molecule has 1 unspecified atom stereocenters. The first kappa shape index (κ1) is 15.8. The van der Waals surface area contributed by atoms with Crippen molar-refractivity contribution in [1.29, 1.82) is 0 Å². The highest BCUT2D eigenvalue weighted by atomic mass is 16.2. The van der Waals surface area contributed by atoms with Crippen LogP contribution in [0.4, 0.5) is 4.79 Å². The zero-order chi connectivity index (χ0) is 15.4. The molecule has 0 spiro atoms. The SMILES string of the molecule is CC(C)C1NC(=O)N(CC(=O)NC2CCCCCC2)C1=O. The third-order valence-corrected chi connectivity index (χ3v) is 4.24. The van der Waals surface area contributed by atoms with Crippen LogP contribution >= 0.6 is 0 Å². The van der Waals surface area contributed by atoms with E-state index in [2.05, 4.69) is 10.6 Å². The van der Waals surface area contributed by atoms with Crippen molar-refractivity contribution in [3.63, 3.8) is 0 Å². The lowest BCUT2D eigenvalue weighted by Gasteiger charge is -2.19. The summed E-state index contributed by atoms with van der Waals surface area (Å²) in [5.74, 6) is -0.516. The van der Waals surface area contributed by atoms with Crippen LogP contribution in [0, 0.1) is 5.92 Å². The Labute approximate surface area is 125 Å². The van der Waals surface area contributed by atoms with Crippen LogP contribution in [0.25, 0.3) is 0 Å². The van der Waals surface area contributed by atoms with Gasteiger partial charge in [-0.25, -0.2) is 4.79 Å². The van der Waals surface area contributed by atoms with E-state index in [-0.39, 0.29) is 30.3 Å². The van der Waals surface area contributed by atoms with Gasteiger partial charge in [0.15, 0.2) is 0 Å². The van der Waals surface area contributed by atoms with E-state index in [1.807, 2.05) is 13.8 Å².